The summed E-state index contributed by atoms with van der Waals surface area (Å²) in [6.07, 6.45) is 7.39. The summed E-state index contributed by atoms with van der Waals surface area (Å²) in [7, 11) is 7.20. The monoisotopic (exact) mass is 1030 g/mol. The fraction of sp³-hybridized carbons (Fsp3) is 0.620. The second-order valence-electron chi connectivity index (χ2n) is 17.3. The zero-order chi connectivity index (χ0) is 54.0. The molecule has 6 N–H and O–H groups in total. The van der Waals surface area contributed by atoms with E-state index < -0.39 is 17.8 Å². The number of halogens is 3. The van der Waals surface area contributed by atoms with Crippen LogP contribution in [0.1, 0.15) is 70.8 Å². The van der Waals surface area contributed by atoms with Gasteiger partial charge in [-0.1, -0.05) is 6.07 Å². The van der Waals surface area contributed by atoms with E-state index in [1.54, 1.807) is 24.3 Å². The van der Waals surface area contributed by atoms with Crippen LogP contribution in [0.2, 0.25) is 0 Å². The largest absolute Gasteiger partial charge is 0.416 e. The first-order chi connectivity index (χ1) is 35.1. The van der Waals surface area contributed by atoms with Crippen molar-refractivity contribution in [3.8, 4) is 0 Å². The molecule has 73 heavy (non-hydrogen) atoms. The third kappa shape index (κ3) is 24.2. The van der Waals surface area contributed by atoms with E-state index in [0.717, 1.165) is 50.6 Å². The topological polar surface area (TPSA) is 253 Å². The normalized spacial score (nSPS) is 18.3. The maximum absolute atomic E-state index is 13.2. The molecule has 1 aliphatic carbocycles. The number of likely N-dealkylation sites (tertiary alicyclic amines) is 2. The number of rotatable bonds is 23. The van der Waals surface area contributed by atoms with Gasteiger partial charge < -0.3 is 65.5 Å². The number of ether oxygens (including phenoxy) is 3. The van der Waals surface area contributed by atoms with Gasteiger partial charge in [0.05, 0.1) is 50.0 Å². The molecule has 2 saturated heterocycles. The van der Waals surface area contributed by atoms with Gasteiger partial charge in [0.2, 0.25) is 23.6 Å². The standard InChI is InChI=1S/C23H30F3N5O.C12H24N2O5.C9H14N2O3.C5H5N.CH5N/c1-14(2)30(3)16-5-7-17(8-6-16)31-11-10-20(22(31)32)29-21-18-12-15(23(24,25)26)4-9-19(18)27-13-28-21;1-13-3-7-19-11-10-17-6-2-12(16)14-4-8-18-9-5-15;1-11-6-7(5-8(11)13)9(14)10-3-2-4-12;1-2-4-6-5-3-1;1-2/h4,9,12-14,16-17,20H,5-8,10-11H2,1-3H3,(H,27,28,29);5,13H,2-4,6-11H2,1H3,(H,14,16);4,7H,2-3,5-6H2,1H3,(H,10,14);1-5H;2H2,1H3. The van der Waals surface area contributed by atoms with Crippen LogP contribution in [0.4, 0.5) is 19.0 Å². The van der Waals surface area contributed by atoms with Crippen molar-refractivity contribution in [2.45, 2.75) is 95.6 Å². The minimum atomic E-state index is -4.45. The highest BCUT2D eigenvalue weighted by atomic mass is 19.4. The Morgan fingerprint density at radius 2 is 1.58 bits per heavy atom. The number of carbonyl (C=O) groups is 6. The van der Waals surface area contributed by atoms with Crippen LogP contribution in [0.3, 0.4) is 0 Å². The van der Waals surface area contributed by atoms with Crippen molar-refractivity contribution in [1.29, 1.82) is 0 Å². The van der Waals surface area contributed by atoms with Gasteiger partial charge in [-0.15, -0.1) is 0 Å². The minimum absolute atomic E-state index is 0.000498. The number of nitrogens with one attached hydrogen (secondary N) is 4. The summed E-state index contributed by atoms with van der Waals surface area (Å²) in [5, 5.41) is 11.6. The minimum Gasteiger partial charge on any atom is -0.379 e. The lowest BCUT2D eigenvalue weighted by molar-refractivity contribution is -0.137. The number of benzene rings is 1. The molecule has 3 fully saturated rings. The maximum Gasteiger partial charge on any atom is 0.416 e. The van der Waals surface area contributed by atoms with E-state index in [9.17, 15) is 41.9 Å². The number of nitrogens with zero attached hydrogens (tertiary/aromatic N) is 6. The Labute approximate surface area is 427 Å². The van der Waals surface area contributed by atoms with Gasteiger partial charge >= 0.3 is 6.18 Å². The number of hydrogen-bond donors (Lipinski definition) is 5. The number of carbonyl (C=O) groups excluding carboxylic acids is 6. The number of pyridine rings is 1. The van der Waals surface area contributed by atoms with Gasteiger partial charge in [0, 0.05) is 94.9 Å². The number of fused-ring (bicyclic) bond motifs is 1. The average Bonchev–Trinajstić information content (AvgIpc) is 3.94. The van der Waals surface area contributed by atoms with Gasteiger partial charge in [-0.25, -0.2) is 9.97 Å². The Balaban J connectivity index is 0.000000377. The summed E-state index contributed by atoms with van der Waals surface area (Å²) in [6, 6.07) is 9.89. The van der Waals surface area contributed by atoms with Crippen molar-refractivity contribution in [1.82, 2.24) is 45.6 Å². The molecular formula is C50H78F3N11O9. The first kappa shape index (κ1) is 63.4. The molecule has 1 aromatic carbocycles. The molecule has 3 aromatic rings. The van der Waals surface area contributed by atoms with Crippen molar-refractivity contribution in [2.75, 3.05) is 106 Å². The molecule has 3 aliphatic rings. The lowest BCUT2D eigenvalue weighted by Crippen LogP contribution is -2.46. The number of anilines is 1. The molecule has 0 radical (unpaired) electrons. The van der Waals surface area contributed by atoms with Gasteiger partial charge in [-0.3, -0.25) is 24.2 Å². The van der Waals surface area contributed by atoms with Gasteiger partial charge in [0.1, 0.15) is 37.4 Å². The van der Waals surface area contributed by atoms with Crippen LogP contribution in [-0.2, 0) is 49.2 Å². The van der Waals surface area contributed by atoms with Gasteiger partial charge in [-0.2, -0.15) is 13.2 Å². The zero-order valence-corrected chi connectivity index (χ0v) is 43.2. The van der Waals surface area contributed by atoms with Crippen molar-refractivity contribution in [3.63, 3.8) is 0 Å². The molecule has 0 spiro atoms. The SMILES string of the molecule is CC(C)N(C)C1CCC(N2CCC(Nc3ncnc4ccc(C(F)(F)F)cc34)C2=O)CC1.CN.CN1CC(C(=O)NCCC=O)CC1=O.CNCCOCCOCCC(=O)NCCOCC=O.c1ccncc1. The summed E-state index contributed by atoms with van der Waals surface area (Å²) < 4.78 is 54.9. The molecule has 4 heterocycles. The van der Waals surface area contributed by atoms with E-state index in [4.69, 9.17) is 14.2 Å². The smallest absolute Gasteiger partial charge is 0.379 e. The Morgan fingerprint density at radius 1 is 0.890 bits per heavy atom. The van der Waals surface area contributed by atoms with Crippen LogP contribution >= 0.6 is 0 Å². The molecule has 4 amide bonds. The molecule has 408 valence electrons. The third-order valence-electron chi connectivity index (χ3n) is 11.9. The third-order valence-corrected chi connectivity index (χ3v) is 11.9. The fourth-order valence-electron chi connectivity index (χ4n) is 7.80. The summed E-state index contributed by atoms with van der Waals surface area (Å²) in [5.74, 6) is -0.206. The van der Waals surface area contributed by atoms with E-state index in [1.165, 1.54) is 19.4 Å². The molecule has 1 saturated carbocycles. The second-order valence-corrected chi connectivity index (χ2v) is 17.3. The van der Waals surface area contributed by atoms with Crippen LogP contribution < -0.4 is 27.0 Å². The van der Waals surface area contributed by atoms with E-state index in [0.29, 0.717) is 102 Å². The number of nitrogens with two attached hydrogens (primary N) is 1. The molecular weight excluding hydrogens is 956 g/mol. The quantitative estimate of drug-likeness (QED) is 0.0676. The Hall–Kier alpha value is -5.72. The predicted octanol–water partition coefficient (Wildman–Crippen LogP) is 3.10. The average molecular weight is 1030 g/mol. The summed E-state index contributed by atoms with van der Waals surface area (Å²) in [5.41, 5.74) is 4.15. The van der Waals surface area contributed by atoms with E-state index in [2.05, 4.69) is 67.7 Å². The van der Waals surface area contributed by atoms with Crippen LogP contribution in [0.25, 0.3) is 10.9 Å². The van der Waals surface area contributed by atoms with E-state index in [1.807, 2.05) is 30.1 Å². The molecule has 2 aliphatic heterocycles. The van der Waals surface area contributed by atoms with Gasteiger partial charge in [0.15, 0.2) is 0 Å². The molecule has 2 aromatic heterocycles. The van der Waals surface area contributed by atoms with E-state index in [-0.39, 0.29) is 59.8 Å². The van der Waals surface area contributed by atoms with Crippen LogP contribution in [0.15, 0.2) is 55.1 Å². The van der Waals surface area contributed by atoms with Gasteiger partial charge in [0.25, 0.3) is 0 Å². The number of likely N-dealkylation sites (N-methyl/N-ethyl adjacent to an activating group) is 1. The molecule has 2 atom stereocenters. The highest BCUT2D eigenvalue weighted by Crippen LogP contribution is 2.34. The Bertz CT molecular complexity index is 2030. The lowest BCUT2D eigenvalue weighted by Gasteiger charge is -2.39. The maximum atomic E-state index is 13.2. The van der Waals surface area contributed by atoms with Crippen LogP contribution in [-0.4, -0.2) is 191 Å². The van der Waals surface area contributed by atoms with Crippen molar-refractivity contribution in [3.05, 3.63) is 60.7 Å². The molecule has 6 rings (SSSR count). The molecule has 23 heteroatoms. The summed E-state index contributed by atoms with van der Waals surface area (Å²) >= 11 is 0. The highest BCUT2D eigenvalue weighted by Gasteiger charge is 2.39. The number of alkyl halides is 3. The summed E-state index contributed by atoms with van der Waals surface area (Å²) in [6.45, 7) is 9.54. The number of amides is 4. The van der Waals surface area contributed by atoms with Gasteiger partial charge in [-0.05, 0) is 97.4 Å². The zero-order valence-electron chi connectivity index (χ0n) is 43.2. The van der Waals surface area contributed by atoms with Crippen molar-refractivity contribution < 1.29 is 56.1 Å². The highest BCUT2D eigenvalue weighted by molar-refractivity contribution is 5.93. The lowest BCUT2D eigenvalue weighted by atomic mass is 9.89. The Morgan fingerprint density at radius 3 is 2.15 bits per heavy atom. The fourth-order valence-corrected chi connectivity index (χ4v) is 7.80. The number of aldehydes is 2. The van der Waals surface area contributed by atoms with Crippen LogP contribution in [0.5, 0.6) is 0 Å². The first-order valence-electron chi connectivity index (χ1n) is 24.7. The molecule has 20 nitrogen and oxygen atoms in total. The number of hydrogen-bond acceptors (Lipinski definition) is 16. The van der Waals surface area contributed by atoms with Crippen molar-refractivity contribution >= 4 is 52.9 Å². The van der Waals surface area contributed by atoms with Crippen molar-refractivity contribution in [2.24, 2.45) is 11.7 Å². The summed E-state index contributed by atoms with van der Waals surface area (Å²) in [4.78, 5) is 84.8. The predicted molar refractivity (Wildman–Crippen MR) is 271 cm³/mol. The first-order valence-corrected chi connectivity index (χ1v) is 24.7. The molecule has 2 unspecified atom stereocenters. The number of aromatic nitrogens is 3. The van der Waals surface area contributed by atoms with Crippen LogP contribution in [0, 0.1) is 5.92 Å². The Kier molecular flexibility index (Phi) is 31.5. The van der Waals surface area contributed by atoms with E-state index >= 15 is 0 Å². The molecule has 0 bridgehead atoms. The second kappa shape index (κ2) is 36.2.